The summed E-state index contributed by atoms with van der Waals surface area (Å²) in [6, 6.07) is 14.1. The second-order valence-corrected chi connectivity index (χ2v) is 9.12. The van der Waals surface area contributed by atoms with E-state index in [4.69, 9.17) is 9.15 Å². The third-order valence-electron chi connectivity index (χ3n) is 5.74. The van der Waals surface area contributed by atoms with E-state index in [1.165, 1.54) is 11.8 Å². The minimum Gasteiger partial charge on any atom is -0.461 e. The van der Waals surface area contributed by atoms with Gasteiger partial charge in [0.25, 0.3) is 0 Å². The van der Waals surface area contributed by atoms with Crippen molar-refractivity contribution >= 4 is 17.7 Å². The molecule has 0 radical (unpaired) electrons. The predicted molar refractivity (Wildman–Crippen MR) is 125 cm³/mol. The van der Waals surface area contributed by atoms with Crippen molar-refractivity contribution in [1.29, 1.82) is 0 Å². The van der Waals surface area contributed by atoms with Gasteiger partial charge in [0.1, 0.15) is 12.1 Å². The molecule has 1 aliphatic heterocycles. The summed E-state index contributed by atoms with van der Waals surface area (Å²) < 4.78 is 15.1. The molecule has 1 aliphatic rings. The van der Waals surface area contributed by atoms with Gasteiger partial charge in [-0.05, 0) is 36.4 Å². The molecule has 3 aromatic heterocycles. The lowest BCUT2D eigenvalue weighted by atomic mass is 10.0. The Labute approximate surface area is 201 Å². The fourth-order valence-corrected chi connectivity index (χ4v) is 4.85. The van der Waals surface area contributed by atoms with Gasteiger partial charge in [-0.3, -0.25) is 9.58 Å². The van der Waals surface area contributed by atoms with Crippen LogP contribution in [0, 0.1) is 0 Å². The van der Waals surface area contributed by atoms with Gasteiger partial charge in [-0.25, -0.2) is 4.79 Å². The number of fused-ring (bicyclic) bond motifs is 1. The average Bonchev–Trinajstić information content (AvgIpc) is 3.55. The number of hydrogen-bond acceptors (Lipinski definition) is 8. The van der Waals surface area contributed by atoms with E-state index in [1.54, 1.807) is 6.33 Å². The van der Waals surface area contributed by atoms with E-state index in [0.717, 1.165) is 45.8 Å². The molecule has 0 saturated carbocycles. The zero-order valence-corrected chi connectivity index (χ0v) is 20.0. The number of furan rings is 1. The number of benzene rings is 1. The van der Waals surface area contributed by atoms with Crippen LogP contribution in [0.3, 0.4) is 0 Å². The van der Waals surface area contributed by atoms with Gasteiger partial charge in [-0.2, -0.15) is 5.10 Å². The van der Waals surface area contributed by atoms with Gasteiger partial charge in [0.2, 0.25) is 0 Å². The van der Waals surface area contributed by atoms with E-state index < -0.39 is 0 Å². The standard InChI is InChI=1S/C24H26N6O3S/c1-3-32-23(31)22-19-15-29(12-11-20(19)30(27-22)13-17-7-5-4-6-8-17)14-18-9-10-21(33-18)34-24-26-25-16-28(24)2/h4-10,16H,3,11-15H2,1-2H3. The van der Waals surface area contributed by atoms with Gasteiger partial charge in [-0.15, -0.1) is 10.2 Å². The fraction of sp³-hybridized carbons (Fsp3) is 0.333. The first-order valence-electron chi connectivity index (χ1n) is 11.2. The van der Waals surface area contributed by atoms with Gasteiger partial charge in [0.05, 0.1) is 19.7 Å². The van der Waals surface area contributed by atoms with Crippen molar-refractivity contribution in [2.45, 2.75) is 43.2 Å². The van der Waals surface area contributed by atoms with Gasteiger partial charge < -0.3 is 13.7 Å². The van der Waals surface area contributed by atoms with Gasteiger partial charge in [0.15, 0.2) is 15.9 Å². The molecular weight excluding hydrogens is 452 g/mol. The molecule has 0 spiro atoms. The number of rotatable bonds is 8. The SMILES string of the molecule is CCOC(=O)c1nn(Cc2ccccc2)c2c1CN(Cc1ccc(Sc3nncn3C)o1)CC2. The van der Waals surface area contributed by atoms with Gasteiger partial charge in [-0.1, -0.05) is 30.3 Å². The maximum absolute atomic E-state index is 12.7. The van der Waals surface area contributed by atoms with Crippen molar-refractivity contribution in [1.82, 2.24) is 29.4 Å². The largest absolute Gasteiger partial charge is 0.461 e. The Morgan fingerprint density at radius 2 is 2.03 bits per heavy atom. The first kappa shape index (κ1) is 22.4. The molecule has 0 aliphatic carbocycles. The van der Waals surface area contributed by atoms with Crippen molar-refractivity contribution in [2.75, 3.05) is 13.2 Å². The van der Waals surface area contributed by atoms with Crippen LogP contribution in [-0.4, -0.2) is 48.6 Å². The zero-order valence-electron chi connectivity index (χ0n) is 19.2. The van der Waals surface area contributed by atoms with Crippen LogP contribution in [0.2, 0.25) is 0 Å². The number of esters is 1. The second-order valence-electron chi connectivity index (χ2n) is 8.15. The van der Waals surface area contributed by atoms with Crippen LogP contribution in [-0.2, 0) is 37.8 Å². The maximum atomic E-state index is 12.7. The van der Waals surface area contributed by atoms with Crippen LogP contribution < -0.4 is 0 Å². The number of aryl methyl sites for hydroxylation is 1. The summed E-state index contributed by atoms with van der Waals surface area (Å²) in [4.78, 5) is 15.0. The number of carbonyl (C=O) groups is 1. The Hall–Kier alpha value is -3.37. The highest BCUT2D eigenvalue weighted by atomic mass is 32.2. The smallest absolute Gasteiger partial charge is 0.359 e. The lowest BCUT2D eigenvalue weighted by Crippen LogP contribution is -2.31. The van der Waals surface area contributed by atoms with Crippen molar-refractivity contribution in [3.8, 4) is 0 Å². The van der Waals surface area contributed by atoms with E-state index in [9.17, 15) is 4.79 Å². The highest BCUT2D eigenvalue weighted by Gasteiger charge is 2.29. The number of nitrogens with zero attached hydrogens (tertiary/aromatic N) is 6. The third kappa shape index (κ3) is 4.78. The molecule has 9 nitrogen and oxygen atoms in total. The van der Waals surface area contributed by atoms with Crippen LogP contribution in [0.15, 0.2) is 63.5 Å². The summed E-state index contributed by atoms with van der Waals surface area (Å²) in [7, 11) is 1.90. The maximum Gasteiger partial charge on any atom is 0.359 e. The minimum atomic E-state index is -0.368. The van der Waals surface area contributed by atoms with Crippen molar-refractivity contribution in [2.24, 2.45) is 7.05 Å². The molecule has 0 N–H and O–H groups in total. The van der Waals surface area contributed by atoms with Crippen LogP contribution in [0.4, 0.5) is 0 Å². The number of hydrogen-bond donors (Lipinski definition) is 0. The molecule has 0 bridgehead atoms. The summed E-state index contributed by atoms with van der Waals surface area (Å²) in [5.74, 6) is 0.496. The predicted octanol–water partition coefficient (Wildman–Crippen LogP) is 3.54. The Kier molecular flexibility index (Phi) is 6.50. The van der Waals surface area contributed by atoms with E-state index in [-0.39, 0.29) is 5.97 Å². The second kappa shape index (κ2) is 9.86. The topological polar surface area (TPSA) is 91.2 Å². The number of aromatic nitrogens is 5. The summed E-state index contributed by atoms with van der Waals surface area (Å²) >= 11 is 1.44. The molecule has 10 heteroatoms. The first-order chi connectivity index (χ1) is 16.6. The molecule has 0 fully saturated rings. The number of carbonyl (C=O) groups excluding carboxylic acids is 1. The Morgan fingerprint density at radius 1 is 1.18 bits per heavy atom. The van der Waals surface area contributed by atoms with Crippen LogP contribution >= 0.6 is 11.8 Å². The van der Waals surface area contributed by atoms with E-state index in [0.29, 0.717) is 31.9 Å². The molecule has 176 valence electrons. The lowest BCUT2D eigenvalue weighted by Gasteiger charge is -2.26. The van der Waals surface area contributed by atoms with Crippen molar-refractivity contribution < 1.29 is 13.9 Å². The fourth-order valence-electron chi connectivity index (χ4n) is 4.11. The first-order valence-corrected chi connectivity index (χ1v) is 12.0. The molecule has 1 aromatic carbocycles. The quantitative estimate of drug-likeness (QED) is 0.355. The summed E-state index contributed by atoms with van der Waals surface area (Å²) in [5.41, 5.74) is 3.60. The van der Waals surface area contributed by atoms with Crippen LogP contribution in [0.5, 0.6) is 0 Å². The highest BCUT2D eigenvalue weighted by Crippen LogP contribution is 2.29. The Morgan fingerprint density at radius 3 is 2.79 bits per heavy atom. The molecule has 0 amide bonds. The molecule has 0 unspecified atom stereocenters. The van der Waals surface area contributed by atoms with E-state index in [2.05, 4.69) is 32.3 Å². The van der Waals surface area contributed by atoms with Crippen molar-refractivity contribution in [3.63, 3.8) is 0 Å². The number of ether oxygens (including phenoxy) is 1. The van der Waals surface area contributed by atoms with Crippen LogP contribution in [0.1, 0.15) is 40.0 Å². The zero-order chi connectivity index (χ0) is 23.5. The Balaban J connectivity index is 1.33. The molecule has 0 saturated heterocycles. The van der Waals surface area contributed by atoms with Crippen LogP contribution in [0.25, 0.3) is 0 Å². The molecule has 4 aromatic rings. The monoisotopic (exact) mass is 478 g/mol. The van der Waals surface area contributed by atoms with Gasteiger partial charge in [0, 0.05) is 37.8 Å². The molecule has 34 heavy (non-hydrogen) atoms. The summed E-state index contributed by atoms with van der Waals surface area (Å²) in [5, 5.41) is 14.2. The molecule has 0 atom stereocenters. The summed E-state index contributed by atoms with van der Waals surface area (Å²) in [6.45, 7) is 4.87. The van der Waals surface area contributed by atoms with E-state index >= 15 is 0 Å². The highest BCUT2D eigenvalue weighted by molar-refractivity contribution is 7.99. The van der Waals surface area contributed by atoms with Crippen molar-refractivity contribution in [3.05, 3.63) is 77.1 Å². The third-order valence-corrected chi connectivity index (χ3v) is 6.71. The average molecular weight is 479 g/mol. The minimum absolute atomic E-state index is 0.321. The normalized spacial score (nSPS) is 13.7. The Bertz CT molecular complexity index is 1280. The molecule has 4 heterocycles. The summed E-state index contributed by atoms with van der Waals surface area (Å²) in [6.07, 6.45) is 2.46. The lowest BCUT2D eigenvalue weighted by molar-refractivity contribution is 0.0515. The van der Waals surface area contributed by atoms with E-state index in [1.807, 2.05) is 53.6 Å². The molecule has 5 rings (SSSR count). The molecular formula is C24H26N6O3S. The van der Waals surface area contributed by atoms with Gasteiger partial charge >= 0.3 is 5.97 Å².